The maximum absolute atomic E-state index is 13.1. The molecule has 2 aromatic carbocycles. The van der Waals surface area contributed by atoms with E-state index in [9.17, 15) is 23.9 Å². The van der Waals surface area contributed by atoms with Gasteiger partial charge in [0.15, 0.2) is 5.69 Å². The molecule has 0 fully saturated rings. The first-order valence-electron chi connectivity index (χ1n) is 10.8. The third-order valence-electron chi connectivity index (χ3n) is 5.65. The van der Waals surface area contributed by atoms with Crippen LogP contribution in [0.2, 0.25) is 0 Å². The van der Waals surface area contributed by atoms with Gasteiger partial charge in [-0.1, -0.05) is 42.5 Å². The van der Waals surface area contributed by atoms with Gasteiger partial charge in [0, 0.05) is 13.6 Å². The molecule has 0 bridgehead atoms. The van der Waals surface area contributed by atoms with Crippen LogP contribution in [-0.2, 0) is 30.4 Å². The molecule has 3 aromatic rings. The maximum Gasteiger partial charge on any atom is 0.410 e. The molecule has 184 valence electrons. The fraction of sp³-hybridized carbons (Fsp3) is 0.280. The minimum absolute atomic E-state index is 0.0243. The van der Waals surface area contributed by atoms with E-state index in [1.807, 2.05) is 30.3 Å². The van der Waals surface area contributed by atoms with Crippen molar-refractivity contribution in [1.82, 2.24) is 19.8 Å². The van der Waals surface area contributed by atoms with Crippen molar-refractivity contribution in [1.29, 1.82) is 0 Å². The van der Waals surface area contributed by atoms with Crippen LogP contribution in [0.4, 0.5) is 9.18 Å². The summed E-state index contributed by atoms with van der Waals surface area (Å²) in [6.07, 6.45) is -0.663. The predicted octanol–water partition coefficient (Wildman–Crippen LogP) is 3.06. The number of nitrogens with one attached hydrogen (secondary N) is 1. The number of ether oxygens (including phenoxy) is 1. The Hall–Kier alpha value is -4.21. The van der Waals surface area contributed by atoms with Crippen LogP contribution in [0.3, 0.4) is 0 Å². The molecule has 2 N–H and O–H groups in total. The number of hydrogen-bond donors (Lipinski definition) is 2. The molecule has 0 saturated heterocycles. The first kappa shape index (κ1) is 25.4. The average Bonchev–Trinajstić information content (AvgIpc) is 2.85. The van der Waals surface area contributed by atoms with Gasteiger partial charge in [-0.2, -0.15) is 0 Å². The number of hydrogen-bond acceptors (Lipinski definition) is 6. The largest absolute Gasteiger partial charge is 0.501 e. The molecule has 10 heteroatoms. The third kappa shape index (κ3) is 5.48. The number of benzene rings is 2. The minimum Gasteiger partial charge on any atom is -0.501 e. The standard InChI is InChI=1S/C25H27FN4O5/c1-25(2,30(24(34)35-4)15-17-8-6-5-7-9-17)23-28-19(20(31)22(33)29(23)3)21(32)27-14-16-10-12-18(26)13-11-16/h5-13,31H,14-15H2,1-4H3,(H,27,32). The molecule has 1 heterocycles. The molecule has 0 radical (unpaired) electrons. The van der Waals surface area contributed by atoms with Crippen molar-refractivity contribution in [3.8, 4) is 5.75 Å². The van der Waals surface area contributed by atoms with Gasteiger partial charge in [-0.25, -0.2) is 14.2 Å². The lowest BCUT2D eigenvalue weighted by Crippen LogP contribution is -2.48. The summed E-state index contributed by atoms with van der Waals surface area (Å²) in [7, 11) is 2.64. The lowest BCUT2D eigenvalue weighted by molar-refractivity contribution is 0.0648. The zero-order valence-corrected chi connectivity index (χ0v) is 19.9. The Labute approximate surface area is 201 Å². The van der Waals surface area contributed by atoms with Crippen molar-refractivity contribution >= 4 is 12.0 Å². The smallest absolute Gasteiger partial charge is 0.410 e. The van der Waals surface area contributed by atoms with E-state index in [1.165, 1.54) is 43.3 Å². The lowest BCUT2D eigenvalue weighted by atomic mass is 10.00. The van der Waals surface area contributed by atoms with Crippen molar-refractivity contribution in [3.63, 3.8) is 0 Å². The predicted molar refractivity (Wildman–Crippen MR) is 126 cm³/mol. The number of amides is 2. The summed E-state index contributed by atoms with van der Waals surface area (Å²) in [5.74, 6) is -1.97. The topological polar surface area (TPSA) is 114 Å². The number of nitrogens with zero attached hydrogens (tertiary/aromatic N) is 3. The Morgan fingerprint density at radius 2 is 1.74 bits per heavy atom. The van der Waals surface area contributed by atoms with Gasteiger partial charge in [0.1, 0.15) is 11.6 Å². The molecule has 0 aliphatic carbocycles. The van der Waals surface area contributed by atoms with Gasteiger partial charge in [0.25, 0.3) is 11.5 Å². The van der Waals surface area contributed by atoms with Crippen molar-refractivity contribution < 1.29 is 23.8 Å². The number of aromatic hydroxyl groups is 1. The molecule has 9 nitrogen and oxygen atoms in total. The summed E-state index contributed by atoms with van der Waals surface area (Å²) in [6, 6.07) is 14.7. The summed E-state index contributed by atoms with van der Waals surface area (Å²) >= 11 is 0. The van der Waals surface area contributed by atoms with Crippen molar-refractivity contribution in [2.45, 2.75) is 32.5 Å². The highest BCUT2D eigenvalue weighted by atomic mass is 19.1. The first-order valence-corrected chi connectivity index (χ1v) is 10.8. The third-order valence-corrected chi connectivity index (χ3v) is 5.65. The fourth-order valence-corrected chi connectivity index (χ4v) is 3.65. The number of methoxy groups -OCH3 is 1. The second-order valence-electron chi connectivity index (χ2n) is 8.41. The molecule has 0 aliphatic rings. The molecule has 0 unspecified atom stereocenters. The molecule has 35 heavy (non-hydrogen) atoms. The van der Waals surface area contributed by atoms with Crippen molar-refractivity contribution in [2.24, 2.45) is 7.05 Å². The van der Waals surface area contributed by atoms with Gasteiger partial charge in [-0.3, -0.25) is 19.1 Å². The number of halogens is 1. The lowest BCUT2D eigenvalue weighted by Gasteiger charge is -2.37. The molecular weight excluding hydrogens is 455 g/mol. The molecule has 0 atom stereocenters. The van der Waals surface area contributed by atoms with Crippen LogP contribution in [0.15, 0.2) is 59.4 Å². The fourth-order valence-electron chi connectivity index (χ4n) is 3.65. The molecule has 3 rings (SSSR count). The second-order valence-corrected chi connectivity index (χ2v) is 8.41. The summed E-state index contributed by atoms with van der Waals surface area (Å²) in [5, 5.41) is 13.0. The van der Waals surface area contributed by atoms with E-state index in [2.05, 4.69) is 10.3 Å². The van der Waals surface area contributed by atoms with E-state index in [-0.39, 0.29) is 18.9 Å². The van der Waals surface area contributed by atoms with Crippen LogP contribution in [0.5, 0.6) is 5.75 Å². The van der Waals surface area contributed by atoms with E-state index >= 15 is 0 Å². The van der Waals surface area contributed by atoms with Gasteiger partial charge >= 0.3 is 6.09 Å². The van der Waals surface area contributed by atoms with Crippen LogP contribution in [0.25, 0.3) is 0 Å². The summed E-state index contributed by atoms with van der Waals surface area (Å²) in [6.45, 7) is 3.48. The van der Waals surface area contributed by atoms with Crippen LogP contribution in [0, 0.1) is 5.82 Å². The number of carbonyl (C=O) groups excluding carboxylic acids is 2. The minimum atomic E-state index is -1.23. The molecular formula is C25H27FN4O5. The quantitative estimate of drug-likeness (QED) is 0.535. The Morgan fingerprint density at radius 1 is 1.11 bits per heavy atom. The van der Waals surface area contributed by atoms with Gasteiger partial charge in [-0.15, -0.1) is 0 Å². The molecule has 0 spiro atoms. The van der Waals surface area contributed by atoms with Crippen molar-refractivity contribution in [3.05, 3.63) is 93.4 Å². The summed E-state index contributed by atoms with van der Waals surface area (Å²) in [5.41, 5.74) is -1.13. The summed E-state index contributed by atoms with van der Waals surface area (Å²) < 4.78 is 19.2. The van der Waals surface area contributed by atoms with Crippen LogP contribution in [0.1, 0.15) is 41.3 Å². The first-order chi connectivity index (χ1) is 16.6. The molecule has 0 saturated carbocycles. The number of aromatic nitrogens is 2. The highest BCUT2D eigenvalue weighted by Gasteiger charge is 2.38. The van der Waals surface area contributed by atoms with E-state index in [4.69, 9.17) is 4.74 Å². The zero-order chi connectivity index (χ0) is 25.8. The number of rotatable bonds is 7. The van der Waals surface area contributed by atoms with Gasteiger partial charge in [-0.05, 0) is 37.1 Å². The van der Waals surface area contributed by atoms with Gasteiger partial charge in [0.05, 0.1) is 19.2 Å². The number of carbonyl (C=O) groups is 2. The van der Waals surface area contributed by atoms with E-state index in [1.54, 1.807) is 13.8 Å². The molecule has 0 aliphatic heterocycles. The molecule has 2 amide bonds. The Bertz CT molecular complexity index is 1270. The second kappa shape index (κ2) is 10.4. The van der Waals surface area contributed by atoms with Crippen molar-refractivity contribution in [2.75, 3.05) is 7.11 Å². The normalized spacial score (nSPS) is 11.1. The molecule has 1 aromatic heterocycles. The van der Waals surface area contributed by atoms with Crippen LogP contribution in [-0.4, -0.2) is 38.7 Å². The Morgan fingerprint density at radius 3 is 2.34 bits per heavy atom. The van der Waals surface area contributed by atoms with Crippen LogP contribution >= 0.6 is 0 Å². The highest BCUT2D eigenvalue weighted by Crippen LogP contribution is 2.29. The zero-order valence-electron chi connectivity index (χ0n) is 19.9. The van der Waals surface area contributed by atoms with Crippen LogP contribution < -0.4 is 10.9 Å². The van der Waals surface area contributed by atoms with E-state index < -0.39 is 40.4 Å². The van der Waals surface area contributed by atoms with Gasteiger partial charge < -0.3 is 15.2 Å². The van der Waals surface area contributed by atoms with Gasteiger partial charge in [0.2, 0.25) is 5.75 Å². The maximum atomic E-state index is 13.1. The summed E-state index contributed by atoms with van der Waals surface area (Å²) in [4.78, 5) is 44.1. The Balaban J connectivity index is 1.99. The highest BCUT2D eigenvalue weighted by molar-refractivity contribution is 5.94. The average molecular weight is 483 g/mol. The SMILES string of the molecule is COC(=O)N(Cc1ccccc1)C(C)(C)c1nc(C(=O)NCc2ccc(F)cc2)c(O)c(=O)n1C. The Kier molecular flexibility index (Phi) is 7.53. The van der Waals surface area contributed by atoms with E-state index in [0.717, 1.165) is 10.1 Å². The monoisotopic (exact) mass is 482 g/mol. The van der Waals surface area contributed by atoms with E-state index in [0.29, 0.717) is 5.56 Å².